The summed E-state index contributed by atoms with van der Waals surface area (Å²) in [6.45, 7) is -0.692. The van der Waals surface area contributed by atoms with Crippen LogP contribution < -0.4 is 0 Å². The Kier molecular flexibility index (Phi) is 3.52. The van der Waals surface area contributed by atoms with Gasteiger partial charge in [-0.25, -0.2) is 0 Å². The lowest BCUT2D eigenvalue weighted by molar-refractivity contribution is -0.233. The van der Waals surface area contributed by atoms with E-state index in [0.29, 0.717) is 0 Å². The molecule has 0 aliphatic carbocycles. The SMILES string of the molecule is O=C(c1cn[nH]c1-n1cnnn1)N1CCOC(C(F)(F)F)C1. The van der Waals surface area contributed by atoms with Crippen LogP contribution in [0.15, 0.2) is 12.5 Å². The summed E-state index contributed by atoms with van der Waals surface area (Å²) < 4.78 is 44.0. The van der Waals surface area contributed by atoms with Gasteiger partial charge < -0.3 is 9.64 Å². The fourth-order valence-corrected chi connectivity index (χ4v) is 2.08. The molecule has 1 aliphatic heterocycles. The minimum absolute atomic E-state index is 0.0612. The molecular weight excluding hydrogens is 307 g/mol. The van der Waals surface area contributed by atoms with Gasteiger partial charge in [0.05, 0.1) is 19.3 Å². The quantitative estimate of drug-likeness (QED) is 0.822. The summed E-state index contributed by atoms with van der Waals surface area (Å²) >= 11 is 0. The van der Waals surface area contributed by atoms with Crippen molar-refractivity contribution in [3.05, 3.63) is 18.1 Å². The van der Waals surface area contributed by atoms with Crippen LogP contribution in [0.5, 0.6) is 0 Å². The van der Waals surface area contributed by atoms with E-state index in [-0.39, 0.29) is 24.5 Å². The number of amides is 1. The van der Waals surface area contributed by atoms with E-state index in [9.17, 15) is 18.0 Å². The minimum atomic E-state index is -4.52. The number of alkyl halides is 3. The fourth-order valence-electron chi connectivity index (χ4n) is 2.08. The van der Waals surface area contributed by atoms with Gasteiger partial charge in [-0.3, -0.25) is 9.89 Å². The molecule has 118 valence electrons. The van der Waals surface area contributed by atoms with Crippen molar-refractivity contribution in [1.82, 2.24) is 35.3 Å². The Balaban J connectivity index is 1.82. The number of halogens is 3. The molecule has 1 unspecified atom stereocenters. The van der Waals surface area contributed by atoms with Crippen molar-refractivity contribution in [3.8, 4) is 5.82 Å². The minimum Gasteiger partial charge on any atom is -0.365 e. The molecule has 1 N–H and O–H groups in total. The van der Waals surface area contributed by atoms with E-state index in [1.54, 1.807) is 0 Å². The molecule has 0 spiro atoms. The normalized spacial score (nSPS) is 19.4. The Morgan fingerprint density at radius 3 is 2.95 bits per heavy atom. The van der Waals surface area contributed by atoms with Crippen molar-refractivity contribution < 1.29 is 22.7 Å². The molecule has 3 rings (SSSR count). The molecular formula is C10H10F3N7O2. The lowest BCUT2D eigenvalue weighted by atomic mass is 10.2. The summed E-state index contributed by atoms with van der Waals surface area (Å²) in [5, 5.41) is 16.7. The van der Waals surface area contributed by atoms with Crippen molar-refractivity contribution in [2.24, 2.45) is 0 Å². The maximum atomic E-state index is 12.7. The molecule has 0 saturated carbocycles. The molecule has 3 heterocycles. The van der Waals surface area contributed by atoms with Crippen LogP contribution in [0.4, 0.5) is 13.2 Å². The highest BCUT2D eigenvalue weighted by atomic mass is 19.4. The monoisotopic (exact) mass is 317 g/mol. The van der Waals surface area contributed by atoms with Crippen LogP contribution >= 0.6 is 0 Å². The van der Waals surface area contributed by atoms with Gasteiger partial charge in [-0.05, 0) is 10.4 Å². The number of aromatic nitrogens is 6. The van der Waals surface area contributed by atoms with Gasteiger partial charge in [-0.1, -0.05) is 0 Å². The Bertz CT molecular complexity index is 654. The number of aromatic amines is 1. The van der Waals surface area contributed by atoms with Crippen molar-refractivity contribution >= 4 is 5.91 Å². The van der Waals surface area contributed by atoms with Gasteiger partial charge >= 0.3 is 6.18 Å². The number of hydrogen-bond donors (Lipinski definition) is 1. The molecule has 1 fully saturated rings. The maximum absolute atomic E-state index is 12.7. The standard InChI is InChI=1S/C10H10F3N7O2/c11-10(12,13)7-4-19(1-2-22-7)9(21)6-3-14-16-8(6)20-5-15-17-18-20/h3,5,7H,1-2,4H2,(H,14,16). The van der Waals surface area contributed by atoms with E-state index in [1.807, 2.05) is 0 Å². The highest BCUT2D eigenvalue weighted by Crippen LogP contribution is 2.26. The number of rotatable bonds is 2. The number of nitrogens with one attached hydrogen (secondary N) is 1. The third-order valence-electron chi connectivity index (χ3n) is 3.15. The van der Waals surface area contributed by atoms with Gasteiger partial charge in [-0.2, -0.15) is 23.0 Å². The van der Waals surface area contributed by atoms with E-state index in [2.05, 4.69) is 30.5 Å². The second-order valence-electron chi connectivity index (χ2n) is 4.54. The Labute approximate surface area is 121 Å². The second kappa shape index (κ2) is 5.36. The number of carbonyl (C=O) groups is 1. The lowest BCUT2D eigenvalue weighted by Gasteiger charge is -2.33. The summed E-state index contributed by atoms with van der Waals surface area (Å²) in [7, 11) is 0. The van der Waals surface area contributed by atoms with Crippen LogP contribution in [0.2, 0.25) is 0 Å². The zero-order chi connectivity index (χ0) is 15.7. The molecule has 1 atom stereocenters. The number of nitrogens with zero attached hydrogens (tertiary/aromatic N) is 6. The van der Waals surface area contributed by atoms with Crippen LogP contribution in [0, 0.1) is 0 Å². The van der Waals surface area contributed by atoms with E-state index in [0.717, 1.165) is 4.90 Å². The van der Waals surface area contributed by atoms with Crippen LogP contribution in [-0.4, -0.2) is 73.2 Å². The average Bonchev–Trinajstić information content (AvgIpc) is 3.16. The molecule has 0 aromatic carbocycles. The van der Waals surface area contributed by atoms with Gasteiger partial charge in [0.15, 0.2) is 11.9 Å². The third-order valence-corrected chi connectivity index (χ3v) is 3.15. The molecule has 1 aliphatic rings. The number of tetrazole rings is 1. The van der Waals surface area contributed by atoms with E-state index < -0.39 is 24.7 Å². The smallest absolute Gasteiger partial charge is 0.365 e. The van der Waals surface area contributed by atoms with Crippen molar-refractivity contribution in [2.45, 2.75) is 12.3 Å². The number of morpholine rings is 1. The maximum Gasteiger partial charge on any atom is 0.416 e. The predicted molar refractivity (Wildman–Crippen MR) is 63.0 cm³/mol. The van der Waals surface area contributed by atoms with Crippen LogP contribution in [0.3, 0.4) is 0 Å². The summed E-state index contributed by atoms with van der Waals surface area (Å²) in [5.74, 6) is -0.415. The summed E-state index contributed by atoms with van der Waals surface area (Å²) in [6, 6.07) is 0. The molecule has 2 aromatic heterocycles. The predicted octanol–water partition coefficient (Wildman–Crippen LogP) is -0.211. The largest absolute Gasteiger partial charge is 0.416 e. The zero-order valence-corrected chi connectivity index (χ0v) is 11.0. The van der Waals surface area contributed by atoms with Gasteiger partial charge in [0.2, 0.25) is 0 Å². The van der Waals surface area contributed by atoms with Crippen LogP contribution in [0.1, 0.15) is 10.4 Å². The lowest BCUT2D eigenvalue weighted by Crippen LogP contribution is -2.51. The Morgan fingerprint density at radius 1 is 1.45 bits per heavy atom. The van der Waals surface area contributed by atoms with Crippen LogP contribution in [0.25, 0.3) is 5.82 Å². The first-order valence-corrected chi connectivity index (χ1v) is 6.21. The molecule has 12 heteroatoms. The third kappa shape index (κ3) is 2.64. The number of H-pyrrole nitrogens is 1. The highest BCUT2D eigenvalue weighted by molar-refractivity contribution is 5.97. The summed E-state index contributed by atoms with van der Waals surface area (Å²) in [6.07, 6.45) is -4.05. The summed E-state index contributed by atoms with van der Waals surface area (Å²) in [5.41, 5.74) is 0.0788. The molecule has 0 bridgehead atoms. The molecule has 9 nitrogen and oxygen atoms in total. The van der Waals surface area contributed by atoms with Crippen LogP contribution in [-0.2, 0) is 4.74 Å². The summed E-state index contributed by atoms with van der Waals surface area (Å²) in [4.78, 5) is 13.5. The van der Waals surface area contributed by atoms with Crippen molar-refractivity contribution in [3.63, 3.8) is 0 Å². The first-order chi connectivity index (χ1) is 10.5. The van der Waals surface area contributed by atoms with Gasteiger partial charge in [0.25, 0.3) is 5.91 Å². The average molecular weight is 317 g/mol. The fraction of sp³-hybridized carbons (Fsp3) is 0.500. The molecule has 22 heavy (non-hydrogen) atoms. The Hall–Kier alpha value is -2.50. The van der Waals surface area contributed by atoms with E-state index >= 15 is 0 Å². The van der Waals surface area contributed by atoms with Gasteiger partial charge in [0.1, 0.15) is 11.9 Å². The van der Waals surface area contributed by atoms with Gasteiger partial charge in [-0.15, -0.1) is 5.10 Å². The van der Waals surface area contributed by atoms with E-state index in [4.69, 9.17) is 0 Å². The number of carbonyl (C=O) groups excluding carboxylic acids is 1. The first-order valence-electron chi connectivity index (χ1n) is 6.21. The molecule has 0 radical (unpaired) electrons. The second-order valence-corrected chi connectivity index (χ2v) is 4.54. The first kappa shape index (κ1) is 14.4. The van der Waals surface area contributed by atoms with Crippen molar-refractivity contribution in [2.75, 3.05) is 19.7 Å². The van der Waals surface area contributed by atoms with E-state index in [1.165, 1.54) is 17.2 Å². The molecule has 2 aromatic rings. The topological polar surface area (TPSA) is 102 Å². The van der Waals surface area contributed by atoms with Gasteiger partial charge in [0, 0.05) is 6.54 Å². The molecule has 1 amide bonds. The zero-order valence-electron chi connectivity index (χ0n) is 11.0. The Morgan fingerprint density at radius 2 is 2.27 bits per heavy atom. The van der Waals surface area contributed by atoms with Crippen molar-refractivity contribution in [1.29, 1.82) is 0 Å². The number of ether oxygens (including phenoxy) is 1. The molecule has 1 saturated heterocycles. The highest BCUT2D eigenvalue weighted by Gasteiger charge is 2.44. The number of hydrogen-bond acceptors (Lipinski definition) is 6.